The van der Waals surface area contributed by atoms with Gasteiger partial charge in [-0.25, -0.2) is 8.42 Å². The fourth-order valence-electron chi connectivity index (χ4n) is 1.70. The first-order valence-electron chi connectivity index (χ1n) is 6.98. The summed E-state index contributed by atoms with van der Waals surface area (Å²) in [6, 6.07) is 6.37. The molecule has 0 aliphatic rings. The summed E-state index contributed by atoms with van der Waals surface area (Å²) in [7, 11) is -3.31. The summed E-state index contributed by atoms with van der Waals surface area (Å²) in [6.07, 6.45) is 1.26. The van der Waals surface area contributed by atoms with Crippen molar-refractivity contribution in [2.75, 3.05) is 17.0 Å². The first-order valence-corrected chi connectivity index (χ1v) is 8.63. The van der Waals surface area contributed by atoms with Gasteiger partial charge < -0.3 is 11.1 Å². The molecule has 1 unspecified atom stereocenters. The Labute approximate surface area is 138 Å². The summed E-state index contributed by atoms with van der Waals surface area (Å²) < 4.78 is 25.7. The van der Waals surface area contributed by atoms with Crippen molar-refractivity contribution in [2.45, 2.75) is 32.7 Å². The molecule has 0 aliphatic heterocycles. The molecule has 0 heterocycles. The van der Waals surface area contributed by atoms with Crippen molar-refractivity contribution in [2.24, 2.45) is 5.73 Å². The van der Waals surface area contributed by atoms with E-state index in [-0.39, 0.29) is 30.1 Å². The van der Waals surface area contributed by atoms with Gasteiger partial charge in [0.25, 0.3) is 5.91 Å². The number of benzene rings is 1. The molecule has 0 saturated heterocycles. The van der Waals surface area contributed by atoms with Crippen LogP contribution in [0, 0.1) is 0 Å². The number of anilines is 1. The smallest absolute Gasteiger partial charge is 0.251 e. The molecule has 126 valence electrons. The van der Waals surface area contributed by atoms with Crippen LogP contribution in [0.2, 0.25) is 0 Å². The maximum atomic E-state index is 11.8. The van der Waals surface area contributed by atoms with Crippen LogP contribution in [0.1, 0.15) is 37.0 Å². The van der Waals surface area contributed by atoms with Crippen molar-refractivity contribution in [1.82, 2.24) is 5.32 Å². The third kappa shape index (κ3) is 7.63. The molecule has 0 aromatic heterocycles. The van der Waals surface area contributed by atoms with E-state index >= 15 is 0 Å². The average molecular weight is 350 g/mol. The maximum absolute atomic E-state index is 11.8. The van der Waals surface area contributed by atoms with Crippen LogP contribution in [0.4, 0.5) is 5.69 Å². The van der Waals surface area contributed by atoms with Crippen LogP contribution in [-0.2, 0) is 10.0 Å². The van der Waals surface area contributed by atoms with Gasteiger partial charge in [0, 0.05) is 23.8 Å². The van der Waals surface area contributed by atoms with E-state index in [9.17, 15) is 13.2 Å². The number of rotatable bonds is 8. The second-order valence-corrected chi connectivity index (χ2v) is 6.86. The number of amides is 1. The molecule has 0 bridgehead atoms. The van der Waals surface area contributed by atoms with E-state index in [0.717, 1.165) is 0 Å². The highest BCUT2D eigenvalue weighted by atomic mass is 35.5. The number of sulfonamides is 1. The molecule has 1 atom stereocenters. The van der Waals surface area contributed by atoms with Crippen LogP contribution in [0.25, 0.3) is 0 Å². The summed E-state index contributed by atoms with van der Waals surface area (Å²) >= 11 is 0. The van der Waals surface area contributed by atoms with Crippen LogP contribution >= 0.6 is 12.4 Å². The Morgan fingerprint density at radius 1 is 1.27 bits per heavy atom. The zero-order valence-corrected chi connectivity index (χ0v) is 14.5. The molecule has 0 aliphatic carbocycles. The minimum atomic E-state index is -3.31. The highest BCUT2D eigenvalue weighted by molar-refractivity contribution is 7.92. The number of carbonyl (C=O) groups excluding carboxylic acids is 1. The molecule has 0 saturated carbocycles. The molecule has 0 fully saturated rings. The Balaban J connectivity index is 0.00000441. The van der Waals surface area contributed by atoms with Crippen LogP contribution < -0.4 is 15.8 Å². The monoisotopic (exact) mass is 349 g/mol. The lowest BCUT2D eigenvalue weighted by molar-refractivity contribution is 0.0953. The lowest BCUT2D eigenvalue weighted by Gasteiger charge is -2.09. The highest BCUT2D eigenvalue weighted by Gasteiger charge is 2.10. The first-order chi connectivity index (χ1) is 9.84. The van der Waals surface area contributed by atoms with Gasteiger partial charge in [-0.15, -0.1) is 12.4 Å². The Bertz CT molecular complexity index is 559. The SMILES string of the molecule is CCCS(=O)(=O)Nc1ccc(C(=O)NCCC(C)N)cc1.Cl. The molecule has 1 rings (SSSR count). The number of nitrogens with one attached hydrogen (secondary N) is 2. The largest absolute Gasteiger partial charge is 0.352 e. The molecule has 6 nitrogen and oxygen atoms in total. The Hall–Kier alpha value is -1.31. The lowest BCUT2D eigenvalue weighted by Crippen LogP contribution is -2.28. The Morgan fingerprint density at radius 3 is 2.36 bits per heavy atom. The molecule has 1 aromatic carbocycles. The summed E-state index contributed by atoms with van der Waals surface area (Å²) in [5.41, 5.74) is 6.54. The average Bonchev–Trinajstić information content (AvgIpc) is 2.38. The van der Waals surface area contributed by atoms with E-state index in [1.165, 1.54) is 0 Å². The van der Waals surface area contributed by atoms with Crippen LogP contribution in [0.15, 0.2) is 24.3 Å². The van der Waals surface area contributed by atoms with Crippen molar-refractivity contribution in [1.29, 1.82) is 0 Å². The molecule has 22 heavy (non-hydrogen) atoms. The predicted octanol–water partition coefficient (Wildman–Crippen LogP) is 1.73. The fourth-order valence-corrected chi connectivity index (χ4v) is 2.84. The number of hydrogen-bond acceptors (Lipinski definition) is 4. The van der Waals surface area contributed by atoms with Gasteiger partial charge in [-0.3, -0.25) is 9.52 Å². The van der Waals surface area contributed by atoms with E-state index in [0.29, 0.717) is 30.6 Å². The van der Waals surface area contributed by atoms with Gasteiger partial charge in [0.1, 0.15) is 0 Å². The van der Waals surface area contributed by atoms with E-state index in [2.05, 4.69) is 10.0 Å². The molecule has 1 amide bonds. The quantitative estimate of drug-likeness (QED) is 0.665. The zero-order chi connectivity index (χ0) is 15.9. The Morgan fingerprint density at radius 2 is 1.86 bits per heavy atom. The van der Waals surface area contributed by atoms with Gasteiger partial charge in [-0.1, -0.05) is 6.92 Å². The van der Waals surface area contributed by atoms with Gasteiger partial charge >= 0.3 is 0 Å². The first kappa shape index (κ1) is 20.7. The minimum Gasteiger partial charge on any atom is -0.352 e. The van der Waals surface area contributed by atoms with Gasteiger partial charge in [-0.05, 0) is 44.0 Å². The summed E-state index contributed by atoms with van der Waals surface area (Å²) in [6.45, 7) is 4.19. The molecule has 4 N–H and O–H groups in total. The molecule has 1 aromatic rings. The standard InChI is InChI=1S/C14H23N3O3S.ClH/c1-3-10-21(19,20)17-13-6-4-12(5-7-13)14(18)16-9-8-11(2)15;/h4-7,11,17H,3,8-10,15H2,1-2H3,(H,16,18);1H. The van der Waals surface area contributed by atoms with Crippen LogP contribution in [0.3, 0.4) is 0 Å². The van der Waals surface area contributed by atoms with Crippen molar-refractivity contribution >= 4 is 34.0 Å². The maximum Gasteiger partial charge on any atom is 0.251 e. The second kappa shape index (κ2) is 9.66. The van der Waals surface area contributed by atoms with Crippen molar-refractivity contribution in [3.8, 4) is 0 Å². The summed E-state index contributed by atoms with van der Waals surface area (Å²) in [5.74, 6) is -0.120. The van der Waals surface area contributed by atoms with Crippen LogP contribution in [0.5, 0.6) is 0 Å². The van der Waals surface area contributed by atoms with Gasteiger partial charge in [-0.2, -0.15) is 0 Å². The number of halogens is 1. The molecule has 0 spiro atoms. The van der Waals surface area contributed by atoms with E-state index < -0.39 is 10.0 Å². The van der Waals surface area contributed by atoms with Crippen molar-refractivity contribution in [3.63, 3.8) is 0 Å². The van der Waals surface area contributed by atoms with E-state index in [4.69, 9.17) is 5.73 Å². The molecule has 8 heteroatoms. The Kier molecular flexibility index (Phi) is 9.08. The number of carbonyl (C=O) groups is 1. The molecule has 0 radical (unpaired) electrons. The van der Waals surface area contributed by atoms with E-state index in [1.54, 1.807) is 31.2 Å². The highest BCUT2D eigenvalue weighted by Crippen LogP contribution is 2.12. The predicted molar refractivity (Wildman–Crippen MR) is 92.0 cm³/mol. The zero-order valence-electron chi connectivity index (χ0n) is 12.8. The van der Waals surface area contributed by atoms with E-state index in [1.807, 2.05) is 6.92 Å². The number of hydrogen-bond donors (Lipinski definition) is 3. The number of nitrogens with two attached hydrogens (primary N) is 1. The van der Waals surface area contributed by atoms with Crippen LogP contribution in [-0.4, -0.2) is 32.7 Å². The summed E-state index contributed by atoms with van der Waals surface area (Å²) in [4.78, 5) is 11.8. The van der Waals surface area contributed by atoms with Crippen molar-refractivity contribution in [3.05, 3.63) is 29.8 Å². The minimum absolute atomic E-state index is 0. The van der Waals surface area contributed by atoms with Crippen molar-refractivity contribution < 1.29 is 13.2 Å². The third-order valence-corrected chi connectivity index (χ3v) is 4.27. The van der Waals surface area contributed by atoms with Gasteiger partial charge in [0.2, 0.25) is 10.0 Å². The lowest BCUT2D eigenvalue weighted by atomic mass is 10.2. The topological polar surface area (TPSA) is 101 Å². The van der Waals surface area contributed by atoms with Gasteiger partial charge in [0.15, 0.2) is 0 Å². The molecular weight excluding hydrogens is 326 g/mol. The summed E-state index contributed by atoms with van der Waals surface area (Å²) in [5, 5.41) is 2.76. The fraction of sp³-hybridized carbons (Fsp3) is 0.500. The second-order valence-electron chi connectivity index (χ2n) is 5.02. The third-order valence-electron chi connectivity index (χ3n) is 2.78. The van der Waals surface area contributed by atoms with Gasteiger partial charge in [0.05, 0.1) is 5.75 Å². The molecular formula is C14H24ClN3O3S. The normalized spacial score (nSPS) is 12.1.